The minimum atomic E-state index is 0.472. The SMILES string of the molecule is Nc1c(Nc2cc(Cl)ccc2Cl)ncnc1N1CCCc2ccccc21. The molecule has 1 aliphatic heterocycles. The molecular formula is C19H17Cl2N5. The lowest BCUT2D eigenvalue weighted by molar-refractivity contribution is 0.759. The third kappa shape index (κ3) is 3.16. The van der Waals surface area contributed by atoms with E-state index in [0.717, 1.165) is 25.1 Å². The Morgan fingerprint density at radius 2 is 1.92 bits per heavy atom. The molecule has 0 radical (unpaired) electrons. The minimum Gasteiger partial charge on any atom is -0.393 e. The van der Waals surface area contributed by atoms with Crippen LogP contribution in [0.25, 0.3) is 0 Å². The van der Waals surface area contributed by atoms with E-state index < -0.39 is 0 Å². The van der Waals surface area contributed by atoms with E-state index in [1.54, 1.807) is 18.2 Å². The lowest BCUT2D eigenvalue weighted by Gasteiger charge is -2.31. The topological polar surface area (TPSA) is 67.1 Å². The van der Waals surface area contributed by atoms with Gasteiger partial charge < -0.3 is 16.0 Å². The number of hydrogen-bond acceptors (Lipinski definition) is 5. The van der Waals surface area contributed by atoms with Crippen molar-refractivity contribution in [2.75, 3.05) is 22.5 Å². The molecule has 0 spiro atoms. The molecule has 7 heteroatoms. The molecular weight excluding hydrogens is 369 g/mol. The smallest absolute Gasteiger partial charge is 0.161 e. The van der Waals surface area contributed by atoms with E-state index in [4.69, 9.17) is 28.9 Å². The first-order valence-electron chi connectivity index (χ1n) is 8.31. The van der Waals surface area contributed by atoms with Crippen molar-refractivity contribution in [2.24, 2.45) is 0 Å². The highest BCUT2D eigenvalue weighted by molar-refractivity contribution is 6.35. The van der Waals surface area contributed by atoms with E-state index in [-0.39, 0.29) is 0 Å². The van der Waals surface area contributed by atoms with Crippen LogP contribution in [-0.4, -0.2) is 16.5 Å². The van der Waals surface area contributed by atoms with Crippen LogP contribution in [0.1, 0.15) is 12.0 Å². The van der Waals surface area contributed by atoms with Gasteiger partial charge in [0.1, 0.15) is 12.0 Å². The number of rotatable bonds is 3. The molecule has 3 aromatic rings. The van der Waals surface area contributed by atoms with Gasteiger partial charge in [0.25, 0.3) is 0 Å². The second-order valence-corrected chi connectivity index (χ2v) is 6.94. The fourth-order valence-corrected chi connectivity index (χ4v) is 3.51. The highest BCUT2D eigenvalue weighted by Crippen LogP contribution is 2.38. The fraction of sp³-hybridized carbons (Fsp3) is 0.158. The number of nitrogens with two attached hydrogens (primary N) is 1. The van der Waals surface area contributed by atoms with Crippen molar-refractivity contribution in [3.05, 3.63) is 64.4 Å². The molecule has 0 atom stereocenters. The Kier molecular flexibility index (Phi) is 4.57. The number of aromatic nitrogens is 2. The van der Waals surface area contributed by atoms with Crippen molar-refractivity contribution in [1.29, 1.82) is 0 Å². The van der Waals surface area contributed by atoms with E-state index in [0.29, 0.717) is 33.1 Å². The molecule has 5 nitrogen and oxygen atoms in total. The third-order valence-corrected chi connectivity index (χ3v) is 4.97. The van der Waals surface area contributed by atoms with Crippen molar-refractivity contribution < 1.29 is 0 Å². The van der Waals surface area contributed by atoms with Crippen LogP contribution >= 0.6 is 23.2 Å². The maximum absolute atomic E-state index is 6.40. The summed E-state index contributed by atoms with van der Waals surface area (Å²) < 4.78 is 0. The Morgan fingerprint density at radius 3 is 2.81 bits per heavy atom. The second kappa shape index (κ2) is 7.02. The molecule has 4 rings (SSSR count). The number of nitrogens with one attached hydrogen (secondary N) is 1. The predicted octanol–water partition coefficient (Wildman–Crippen LogP) is 5.19. The van der Waals surface area contributed by atoms with Gasteiger partial charge in [0.05, 0.1) is 10.7 Å². The van der Waals surface area contributed by atoms with Crippen LogP contribution in [0, 0.1) is 0 Å². The predicted molar refractivity (Wildman–Crippen MR) is 108 cm³/mol. The van der Waals surface area contributed by atoms with Crippen molar-refractivity contribution in [3.8, 4) is 0 Å². The van der Waals surface area contributed by atoms with Gasteiger partial charge in [-0.25, -0.2) is 9.97 Å². The summed E-state index contributed by atoms with van der Waals surface area (Å²) in [5, 5.41) is 4.28. The average Bonchev–Trinajstić information content (AvgIpc) is 2.66. The Hall–Kier alpha value is -2.50. The maximum Gasteiger partial charge on any atom is 0.161 e. The molecule has 0 fully saturated rings. The summed E-state index contributed by atoms with van der Waals surface area (Å²) in [6.45, 7) is 0.857. The van der Waals surface area contributed by atoms with Gasteiger partial charge in [0, 0.05) is 17.3 Å². The molecule has 1 aromatic heterocycles. The summed E-state index contributed by atoms with van der Waals surface area (Å²) in [6.07, 6.45) is 3.61. The monoisotopic (exact) mass is 385 g/mol. The van der Waals surface area contributed by atoms with Gasteiger partial charge in [-0.2, -0.15) is 0 Å². The Bertz CT molecular complexity index is 960. The highest BCUT2D eigenvalue weighted by atomic mass is 35.5. The van der Waals surface area contributed by atoms with Crippen LogP contribution in [0.15, 0.2) is 48.8 Å². The minimum absolute atomic E-state index is 0.472. The molecule has 132 valence electrons. The number of anilines is 5. The number of para-hydroxylation sites is 1. The van der Waals surface area contributed by atoms with Gasteiger partial charge in [-0.15, -0.1) is 0 Å². The third-order valence-electron chi connectivity index (χ3n) is 4.41. The molecule has 0 amide bonds. The van der Waals surface area contributed by atoms with Crippen molar-refractivity contribution >= 4 is 51.9 Å². The first-order valence-corrected chi connectivity index (χ1v) is 9.07. The fourth-order valence-electron chi connectivity index (χ4n) is 3.18. The molecule has 26 heavy (non-hydrogen) atoms. The molecule has 1 aliphatic rings. The molecule has 2 heterocycles. The van der Waals surface area contributed by atoms with Gasteiger partial charge in [-0.3, -0.25) is 0 Å². The van der Waals surface area contributed by atoms with E-state index in [2.05, 4.69) is 38.4 Å². The van der Waals surface area contributed by atoms with E-state index in [9.17, 15) is 0 Å². The van der Waals surface area contributed by atoms with Crippen LogP contribution in [0.4, 0.5) is 28.7 Å². The summed E-state index contributed by atoms with van der Waals surface area (Å²) in [5.41, 5.74) is 9.95. The number of benzene rings is 2. The quantitative estimate of drug-likeness (QED) is 0.648. The zero-order valence-electron chi connectivity index (χ0n) is 13.9. The second-order valence-electron chi connectivity index (χ2n) is 6.09. The van der Waals surface area contributed by atoms with Gasteiger partial charge >= 0.3 is 0 Å². The first kappa shape index (κ1) is 16.9. The number of nitrogen functional groups attached to an aromatic ring is 1. The van der Waals surface area contributed by atoms with E-state index in [1.807, 2.05) is 6.07 Å². The molecule has 2 aromatic carbocycles. The summed E-state index contributed by atoms with van der Waals surface area (Å²) in [4.78, 5) is 10.9. The number of halogens is 2. The summed E-state index contributed by atoms with van der Waals surface area (Å²) in [5.74, 6) is 1.19. The van der Waals surface area contributed by atoms with Gasteiger partial charge in [-0.1, -0.05) is 41.4 Å². The Labute approximate surface area is 161 Å². The zero-order valence-corrected chi connectivity index (χ0v) is 15.4. The standard InChI is InChI=1S/C19H17Cl2N5/c20-13-7-8-14(21)15(10-13)25-18-17(22)19(24-11-23-18)26-9-3-5-12-4-1-2-6-16(12)26/h1-2,4,6-8,10-11H,3,5,9,22H2,(H,23,24,25). The molecule has 3 N–H and O–H groups in total. The number of nitrogens with zero attached hydrogens (tertiary/aromatic N) is 3. The van der Waals surface area contributed by atoms with Gasteiger partial charge in [-0.05, 0) is 42.7 Å². The summed E-state index contributed by atoms with van der Waals surface area (Å²) in [7, 11) is 0. The number of aryl methyl sites for hydroxylation is 1. The normalized spacial score (nSPS) is 13.4. The average molecular weight is 386 g/mol. The Balaban J connectivity index is 1.72. The maximum atomic E-state index is 6.40. The van der Waals surface area contributed by atoms with Crippen molar-refractivity contribution in [1.82, 2.24) is 9.97 Å². The van der Waals surface area contributed by atoms with Crippen LogP contribution in [0.5, 0.6) is 0 Å². The molecule has 0 saturated carbocycles. The largest absolute Gasteiger partial charge is 0.393 e. The van der Waals surface area contributed by atoms with Crippen LogP contribution in [0.2, 0.25) is 10.0 Å². The van der Waals surface area contributed by atoms with E-state index in [1.165, 1.54) is 11.9 Å². The number of fused-ring (bicyclic) bond motifs is 1. The first-order chi connectivity index (χ1) is 12.6. The van der Waals surface area contributed by atoms with Crippen LogP contribution in [-0.2, 0) is 6.42 Å². The van der Waals surface area contributed by atoms with Crippen molar-refractivity contribution in [3.63, 3.8) is 0 Å². The molecule has 0 saturated heterocycles. The van der Waals surface area contributed by atoms with Crippen molar-refractivity contribution in [2.45, 2.75) is 12.8 Å². The lowest BCUT2D eigenvalue weighted by atomic mass is 10.0. The van der Waals surface area contributed by atoms with E-state index >= 15 is 0 Å². The molecule has 0 aliphatic carbocycles. The highest BCUT2D eigenvalue weighted by Gasteiger charge is 2.22. The molecule has 0 unspecified atom stereocenters. The lowest BCUT2D eigenvalue weighted by Crippen LogP contribution is -2.26. The number of hydrogen-bond donors (Lipinski definition) is 2. The molecule has 0 bridgehead atoms. The summed E-state index contributed by atoms with van der Waals surface area (Å²) >= 11 is 12.3. The van der Waals surface area contributed by atoms with Crippen LogP contribution < -0.4 is 16.0 Å². The van der Waals surface area contributed by atoms with Crippen LogP contribution in [0.3, 0.4) is 0 Å². The summed E-state index contributed by atoms with van der Waals surface area (Å²) in [6, 6.07) is 13.5. The Morgan fingerprint density at radius 1 is 1.08 bits per heavy atom. The zero-order chi connectivity index (χ0) is 18.1. The van der Waals surface area contributed by atoms with Gasteiger partial charge in [0.2, 0.25) is 0 Å². The van der Waals surface area contributed by atoms with Gasteiger partial charge in [0.15, 0.2) is 11.6 Å².